The van der Waals surface area contributed by atoms with E-state index < -0.39 is 0 Å². The highest BCUT2D eigenvalue weighted by Crippen LogP contribution is 2.28. The number of rotatable bonds is 5. The zero-order valence-electron chi connectivity index (χ0n) is 21.4. The number of carbonyl (C=O) groups is 2. The Morgan fingerprint density at radius 2 is 1.70 bits per heavy atom. The molecule has 2 aromatic carbocycles. The van der Waals surface area contributed by atoms with Gasteiger partial charge in [0.25, 0.3) is 5.91 Å². The number of para-hydroxylation sites is 2. The van der Waals surface area contributed by atoms with Gasteiger partial charge in [0, 0.05) is 38.8 Å². The molecule has 7 nitrogen and oxygen atoms in total. The maximum atomic E-state index is 13.4. The number of fused-ring (bicyclic) bond motifs is 1. The summed E-state index contributed by atoms with van der Waals surface area (Å²) < 4.78 is 2.31. The first kappa shape index (κ1) is 26.0. The largest absolute Gasteiger partial charge is 0.339 e. The van der Waals surface area contributed by atoms with Crippen molar-refractivity contribution in [2.45, 2.75) is 39.3 Å². The van der Waals surface area contributed by atoms with E-state index in [4.69, 9.17) is 28.2 Å². The van der Waals surface area contributed by atoms with Crippen LogP contribution in [0.15, 0.2) is 42.5 Å². The van der Waals surface area contributed by atoms with Crippen molar-refractivity contribution in [1.82, 2.24) is 24.3 Å². The van der Waals surface area contributed by atoms with Crippen LogP contribution >= 0.6 is 23.2 Å². The van der Waals surface area contributed by atoms with Gasteiger partial charge in [0.05, 0.1) is 39.1 Å². The van der Waals surface area contributed by atoms with E-state index in [1.54, 1.807) is 23.1 Å². The lowest BCUT2D eigenvalue weighted by molar-refractivity contribution is -0.139. The van der Waals surface area contributed by atoms with Gasteiger partial charge in [-0.15, -0.1) is 0 Å². The van der Waals surface area contributed by atoms with Gasteiger partial charge in [0.15, 0.2) is 0 Å². The van der Waals surface area contributed by atoms with E-state index in [2.05, 4.69) is 41.5 Å². The van der Waals surface area contributed by atoms with Crippen molar-refractivity contribution in [3.63, 3.8) is 0 Å². The Bertz CT molecular complexity index is 1300. The molecule has 0 spiro atoms. The van der Waals surface area contributed by atoms with Gasteiger partial charge < -0.3 is 14.4 Å². The smallest absolute Gasteiger partial charge is 0.255 e. The van der Waals surface area contributed by atoms with Gasteiger partial charge in [-0.05, 0) is 57.5 Å². The van der Waals surface area contributed by atoms with Crippen molar-refractivity contribution in [3.8, 4) is 0 Å². The second-order valence-corrected chi connectivity index (χ2v) is 11.1. The molecule has 1 atom stereocenters. The number of piperidine rings is 1. The molecule has 2 aliphatic rings. The number of hydrogen-bond donors (Lipinski definition) is 0. The molecule has 5 rings (SSSR count). The summed E-state index contributed by atoms with van der Waals surface area (Å²) in [5, 5.41) is 0.646. The fourth-order valence-electron chi connectivity index (χ4n) is 5.61. The summed E-state index contributed by atoms with van der Waals surface area (Å²) in [6.07, 6.45) is 1.89. The van der Waals surface area contributed by atoms with Crippen molar-refractivity contribution in [3.05, 3.63) is 63.9 Å². The van der Waals surface area contributed by atoms with Crippen LogP contribution in [0.1, 0.15) is 48.9 Å². The van der Waals surface area contributed by atoms with Gasteiger partial charge >= 0.3 is 0 Å². The molecule has 0 saturated carbocycles. The van der Waals surface area contributed by atoms with Crippen LogP contribution in [-0.4, -0.2) is 75.3 Å². The van der Waals surface area contributed by atoms with Gasteiger partial charge in [-0.25, -0.2) is 4.98 Å². The summed E-state index contributed by atoms with van der Waals surface area (Å²) in [7, 11) is 0. The highest BCUT2D eigenvalue weighted by Gasteiger charge is 2.33. The molecule has 1 aromatic heterocycles. The first-order valence-electron chi connectivity index (χ1n) is 13.0. The lowest BCUT2D eigenvalue weighted by atomic mass is 9.96. The summed E-state index contributed by atoms with van der Waals surface area (Å²) in [4.78, 5) is 37.4. The molecule has 0 bridgehead atoms. The van der Waals surface area contributed by atoms with Crippen molar-refractivity contribution < 1.29 is 9.59 Å². The number of nitrogens with zero attached hydrogens (tertiary/aromatic N) is 5. The molecule has 2 aliphatic heterocycles. The minimum Gasteiger partial charge on any atom is -0.339 e. The second-order valence-electron chi connectivity index (χ2n) is 10.3. The number of aromatic nitrogens is 2. The second kappa shape index (κ2) is 11.0. The van der Waals surface area contributed by atoms with Crippen molar-refractivity contribution in [2.75, 3.05) is 39.3 Å². The van der Waals surface area contributed by atoms with Crippen LogP contribution in [0, 0.1) is 5.92 Å². The summed E-state index contributed by atoms with van der Waals surface area (Å²) in [5.41, 5.74) is 2.58. The Balaban J connectivity index is 1.20. The van der Waals surface area contributed by atoms with E-state index in [-0.39, 0.29) is 22.8 Å². The third-order valence-corrected chi connectivity index (χ3v) is 8.28. The summed E-state index contributed by atoms with van der Waals surface area (Å²) in [5.74, 6) is 1.07. The molecule has 9 heteroatoms. The Morgan fingerprint density at radius 1 is 0.973 bits per heavy atom. The Morgan fingerprint density at radius 3 is 2.46 bits per heavy atom. The van der Waals surface area contributed by atoms with E-state index in [0.29, 0.717) is 42.8 Å². The predicted molar refractivity (Wildman–Crippen MR) is 147 cm³/mol. The third kappa shape index (κ3) is 5.35. The molecule has 3 heterocycles. The number of halogens is 2. The average molecular weight is 543 g/mol. The molecular formula is C28H33Cl2N5O2. The van der Waals surface area contributed by atoms with Gasteiger partial charge in [0.1, 0.15) is 5.82 Å². The first-order chi connectivity index (χ1) is 17.8. The van der Waals surface area contributed by atoms with Crippen LogP contribution in [0.25, 0.3) is 11.0 Å². The number of piperazine rings is 1. The van der Waals surface area contributed by atoms with Gasteiger partial charge in [-0.1, -0.05) is 41.4 Å². The van der Waals surface area contributed by atoms with Crippen molar-refractivity contribution in [1.29, 1.82) is 0 Å². The fourth-order valence-corrected chi connectivity index (χ4v) is 5.99. The van der Waals surface area contributed by atoms with Crippen molar-refractivity contribution in [2.24, 2.45) is 5.92 Å². The number of carbonyl (C=O) groups excluding carboxylic acids is 2. The molecule has 2 fully saturated rings. The number of amides is 2. The van der Waals surface area contributed by atoms with Gasteiger partial charge in [-0.2, -0.15) is 0 Å². The molecule has 196 valence electrons. The number of likely N-dealkylation sites (tertiary alicyclic amines) is 1. The van der Waals surface area contributed by atoms with Crippen LogP contribution in [0.5, 0.6) is 0 Å². The Hall–Kier alpha value is -2.61. The molecule has 37 heavy (non-hydrogen) atoms. The van der Waals surface area contributed by atoms with E-state index in [0.717, 1.165) is 49.3 Å². The van der Waals surface area contributed by atoms with E-state index >= 15 is 0 Å². The molecule has 0 unspecified atom stereocenters. The van der Waals surface area contributed by atoms with E-state index in [9.17, 15) is 9.59 Å². The standard InChI is InChI=1S/C28H33Cl2N5O2/c1-19(2)35-24-11-4-3-10-23(24)31-25(35)18-32-12-6-7-20(17-32)27(36)33-13-15-34(16-14-33)28(37)21-8-5-9-22(29)26(21)30/h3-5,8-11,19-20H,6-7,12-18H2,1-2H3/t20-/m0/s1. The minimum atomic E-state index is -0.142. The number of imidazole rings is 1. The van der Waals surface area contributed by atoms with Crippen LogP contribution in [0.4, 0.5) is 0 Å². The average Bonchev–Trinajstić information content (AvgIpc) is 3.27. The molecule has 2 amide bonds. The number of hydrogen-bond acceptors (Lipinski definition) is 4. The highest BCUT2D eigenvalue weighted by molar-refractivity contribution is 6.43. The molecular weight excluding hydrogens is 509 g/mol. The monoisotopic (exact) mass is 541 g/mol. The minimum absolute atomic E-state index is 0.0322. The lowest BCUT2D eigenvalue weighted by Crippen LogP contribution is -2.53. The van der Waals surface area contributed by atoms with Crippen LogP contribution in [-0.2, 0) is 11.3 Å². The highest BCUT2D eigenvalue weighted by atomic mass is 35.5. The van der Waals surface area contributed by atoms with Crippen LogP contribution < -0.4 is 0 Å². The number of benzene rings is 2. The molecule has 2 saturated heterocycles. The zero-order valence-corrected chi connectivity index (χ0v) is 22.9. The van der Waals surface area contributed by atoms with Crippen molar-refractivity contribution >= 4 is 46.0 Å². The molecule has 0 aliphatic carbocycles. The maximum absolute atomic E-state index is 13.4. The lowest BCUT2D eigenvalue weighted by Gasteiger charge is -2.39. The molecule has 0 N–H and O–H groups in total. The summed E-state index contributed by atoms with van der Waals surface area (Å²) >= 11 is 12.3. The summed E-state index contributed by atoms with van der Waals surface area (Å²) in [6, 6.07) is 13.7. The Kier molecular flexibility index (Phi) is 7.75. The van der Waals surface area contributed by atoms with Gasteiger partial charge in [-0.3, -0.25) is 14.5 Å². The SMILES string of the molecule is CC(C)n1c(CN2CCC[C@H](C(=O)N3CCN(C(=O)c4cccc(Cl)c4Cl)CC3)C2)nc2ccccc21. The van der Waals surface area contributed by atoms with E-state index in [1.807, 2.05) is 11.0 Å². The molecule has 3 aromatic rings. The topological polar surface area (TPSA) is 61.7 Å². The first-order valence-corrected chi connectivity index (χ1v) is 13.8. The third-order valence-electron chi connectivity index (χ3n) is 7.47. The molecule has 0 radical (unpaired) electrons. The van der Waals surface area contributed by atoms with E-state index in [1.165, 1.54) is 0 Å². The van der Waals surface area contributed by atoms with Gasteiger partial charge in [0.2, 0.25) is 5.91 Å². The van der Waals surface area contributed by atoms with Crippen LogP contribution in [0.3, 0.4) is 0 Å². The quantitative estimate of drug-likeness (QED) is 0.449. The van der Waals surface area contributed by atoms with Crippen LogP contribution in [0.2, 0.25) is 10.0 Å². The normalized spacial score (nSPS) is 19.1. The fraction of sp³-hybridized carbons (Fsp3) is 0.464. The predicted octanol–water partition coefficient (Wildman–Crippen LogP) is 5.12. The Labute approximate surface area is 227 Å². The maximum Gasteiger partial charge on any atom is 0.255 e. The summed E-state index contributed by atoms with van der Waals surface area (Å²) in [6.45, 7) is 8.84. The zero-order chi connectivity index (χ0) is 26.1.